The van der Waals surface area contributed by atoms with Crippen LogP contribution in [0.5, 0.6) is 5.75 Å². The van der Waals surface area contributed by atoms with E-state index in [-0.39, 0.29) is 10.7 Å². The lowest BCUT2D eigenvalue weighted by Gasteiger charge is -2.17. The molecule has 0 aromatic heterocycles. The molecule has 108 valence electrons. The molecule has 3 unspecified atom stereocenters. The minimum absolute atomic E-state index is 0.0601. The number of rotatable bonds is 2. The molecule has 0 bridgehead atoms. The molecule has 1 saturated heterocycles. The topological polar surface area (TPSA) is 47.6 Å². The van der Waals surface area contributed by atoms with Gasteiger partial charge in [-0.2, -0.15) is 0 Å². The fraction of sp³-hybridized carbons (Fsp3) is 0.533. The van der Waals surface area contributed by atoms with Crippen LogP contribution in [0, 0.1) is 5.92 Å². The number of hydrogen-bond acceptors (Lipinski definition) is 3. The first-order chi connectivity index (χ1) is 9.65. The minimum Gasteiger partial charge on any atom is -0.491 e. The van der Waals surface area contributed by atoms with Gasteiger partial charge in [-0.15, -0.1) is 0 Å². The highest BCUT2D eigenvalue weighted by atomic mass is 79.9. The van der Waals surface area contributed by atoms with E-state index in [1.165, 1.54) is 0 Å². The molecule has 3 atom stereocenters. The number of carbonyl (C=O) groups excluding carboxylic acids is 1. The lowest BCUT2D eigenvalue weighted by atomic mass is 9.95. The summed E-state index contributed by atoms with van der Waals surface area (Å²) in [5.74, 6) is 1.05. The van der Waals surface area contributed by atoms with E-state index in [0.29, 0.717) is 36.5 Å². The largest absolute Gasteiger partial charge is 0.491 e. The van der Waals surface area contributed by atoms with Crippen LogP contribution in [0.4, 0.5) is 0 Å². The highest BCUT2D eigenvalue weighted by Gasteiger charge is 2.30. The van der Waals surface area contributed by atoms with Crippen LogP contribution in [0.15, 0.2) is 18.2 Å². The first-order valence-electron chi connectivity index (χ1n) is 6.96. The van der Waals surface area contributed by atoms with Crippen molar-refractivity contribution in [3.63, 3.8) is 0 Å². The molecule has 3 rings (SSSR count). The summed E-state index contributed by atoms with van der Waals surface area (Å²) in [7, 11) is 0. The standard InChI is InChI=1S/C15H18BrNO3/c1-9-6-11(8-20-9)14(16)10-2-3-13-12(7-10)15(18)17-4-5-19-13/h2-3,7,9,11,14H,4-6,8H2,1H3,(H,17,18). The molecule has 1 aromatic rings. The molecule has 0 aliphatic carbocycles. The maximum absolute atomic E-state index is 12.0. The van der Waals surface area contributed by atoms with E-state index in [1.807, 2.05) is 18.2 Å². The number of ether oxygens (including phenoxy) is 2. The molecule has 0 radical (unpaired) electrons. The van der Waals surface area contributed by atoms with Crippen molar-refractivity contribution in [2.45, 2.75) is 24.3 Å². The summed E-state index contributed by atoms with van der Waals surface area (Å²) in [5.41, 5.74) is 1.73. The van der Waals surface area contributed by atoms with Gasteiger partial charge in [0.05, 0.1) is 24.8 Å². The molecule has 20 heavy (non-hydrogen) atoms. The first-order valence-corrected chi connectivity index (χ1v) is 7.87. The van der Waals surface area contributed by atoms with Crippen molar-refractivity contribution in [2.24, 2.45) is 5.92 Å². The number of fused-ring (bicyclic) bond motifs is 1. The molecule has 0 spiro atoms. The second-order valence-corrected chi connectivity index (χ2v) is 6.39. The van der Waals surface area contributed by atoms with Crippen molar-refractivity contribution in [1.29, 1.82) is 0 Å². The van der Waals surface area contributed by atoms with Crippen LogP contribution in [0.2, 0.25) is 0 Å². The Bertz CT molecular complexity index is 520. The molecule has 0 saturated carbocycles. The molecule has 4 nitrogen and oxygen atoms in total. The van der Waals surface area contributed by atoms with Crippen molar-refractivity contribution >= 4 is 21.8 Å². The van der Waals surface area contributed by atoms with Crippen LogP contribution >= 0.6 is 15.9 Å². The zero-order valence-electron chi connectivity index (χ0n) is 11.4. The van der Waals surface area contributed by atoms with E-state index < -0.39 is 0 Å². The molecular weight excluding hydrogens is 322 g/mol. The number of halogens is 1. The molecule has 1 amide bonds. The third kappa shape index (κ3) is 2.69. The second-order valence-electron chi connectivity index (χ2n) is 5.40. The number of benzene rings is 1. The molecule has 1 N–H and O–H groups in total. The van der Waals surface area contributed by atoms with Gasteiger partial charge in [0, 0.05) is 10.7 Å². The molecule has 1 fully saturated rings. The van der Waals surface area contributed by atoms with E-state index in [0.717, 1.165) is 18.6 Å². The number of nitrogens with one attached hydrogen (secondary N) is 1. The summed E-state index contributed by atoms with van der Waals surface area (Å²) in [5, 5.41) is 2.84. The average Bonchev–Trinajstić information content (AvgIpc) is 2.80. The highest BCUT2D eigenvalue weighted by Crippen LogP contribution is 2.39. The number of amides is 1. The molecule has 5 heteroatoms. The van der Waals surface area contributed by atoms with Crippen molar-refractivity contribution in [1.82, 2.24) is 5.32 Å². The second kappa shape index (κ2) is 5.74. The monoisotopic (exact) mass is 339 g/mol. The van der Waals surface area contributed by atoms with Gasteiger partial charge < -0.3 is 14.8 Å². The van der Waals surface area contributed by atoms with Gasteiger partial charge in [-0.25, -0.2) is 0 Å². The Kier molecular flexibility index (Phi) is 3.98. The zero-order chi connectivity index (χ0) is 14.1. The fourth-order valence-electron chi connectivity index (χ4n) is 2.77. The normalized spacial score (nSPS) is 27.2. The predicted octanol–water partition coefficient (Wildman–Crippen LogP) is 2.67. The van der Waals surface area contributed by atoms with Gasteiger partial charge in [-0.3, -0.25) is 4.79 Å². The van der Waals surface area contributed by atoms with Crippen molar-refractivity contribution < 1.29 is 14.3 Å². The lowest BCUT2D eigenvalue weighted by molar-refractivity contribution is 0.0957. The van der Waals surface area contributed by atoms with E-state index in [4.69, 9.17) is 9.47 Å². The van der Waals surface area contributed by atoms with Crippen molar-refractivity contribution in [3.8, 4) is 5.75 Å². The summed E-state index contributed by atoms with van der Waals surface area (Å²) in [6.45, 7) is 3.92. The zero-order valence-corrected chi connectivity index (χ0v) is 13.0. The van der Waals surface area contributed by atoms with Gasteiger partial charge in [0.1, 0.15) is 12.4 Å². The number of carbonyl (C=O) groups is 1. The Hall–Kier alpha value is -1.07. The first kappa shape index (κ1) is 13.9. The maximum Gasteiger partial charge on any atom is 0.255 e. The summed E-state index contributed by atoms with van der Waals surface area (Å²) in [6, 6.07) is 5.85. The van der Waals surface area contributed by atoms with Crippen LogP contribution in [0.1, 0.15) is 34.1 Å². The average molecular weight is 340 g/mol. The van der Waals surface area contributed by atoms with Gasteiger partial charge in [0.2, 0.25) is 0 Å². The smallest absolute Gasteiger partial charge is 0.255 e. The summed E-state index contributed by atoms with van der Waals surface area (Å²) in [6.07, 6.45) is 1.35. The van der Waals surface area contributed by atoms with Gasteiger partial charge in [0.25, 0.3) is 5.91 Å². The van der Waals surface area contributed by atoms with Crippen LogP contribution < -0.4 is 10.1 Å². The third-order valence-corrected chi connectivity index (χ3v) is 5.13. The van der Waals surface area contributed by atoms with Crippen LogP contribution in [0.3, 0.4) is 0 Å². The summed E-state index contributed by atoms with van der Waals surface area (Å²) < 4.78 is 11.2. The lowest BCUT2D eigenvalue weighted by Crippen LogP contribution is -2.24. The SMILES string of the molecule is CC1CC(C(Br)c2ccc3c(c2)C(=O)NCCO3)CO1. The number of hydrogen-bond donors (Lipinski definition) is 1. The van der Waals surface area contributed by atoms with Crippen molar-refractivity contribution in [3.05, 3.63) is 29.3 Å². The summed E-state index contributed by atoms with van der Waals surface area (Å²) >= 11 is 3.76. The van der Waals surface area contributed by atoms with Crippen LogP contribution in [-0.2, 0) is 4.74 Å². The molecule has 2 aliphatic rings. The molecular formula is C15H18BrNO3. The van der Waals surface area contributed by atoms with E-state index in [2.05, 4.69) is 28.2 Å². The van der Waals surface area contributed by atoms with Gasteiger partial charge >= 0.3 is 0 Å². The van der Waals surface area contributed by atoms with Gasteiger partial charge in [-0.05, 0) is 31.0 Å². The molecule has 2 aliphatic heterocycles. The predicted molar refractivity (Wildman–Crippen MR) is 79.5 cm³/mol. The Morgan fingerprint density at radius 3 is 3.05 bits per heavy atom. The maximum atomic E-state index is 12.0. The highest BCUT2D eigenvalue weighted by molar-refractivity contribution is 9.09. The Labute approximate surface area is 127 Å². The van der Waals surface area contributed by atoms with Gasteiger partial charge in [-0.1, -0.05) is 22.0 Å². The van der Waals surface area contributed by atoms with Crippen LogP contribution in [-0.4, -0.2) is 31.8 Å². The van der Waals surface area contributed by atoms with Gasteiger partial charge in [0.15, 0.2) is 0 Å². The molecule has 2 heterocycles. The summed E-state index contributed by atoms with van der Waals surface area (Å²) in [4.78, 5) is 12.2. The van der Waals surface area contributed by atoms with E-state index in [1.54, 1.807) is 0 Å². The van der Waals surface area contributed by atoms with Crippen molar-refractivity contribution in [2.75, 3.05) is 19.8 Å². The Morgan fingerprint density at radius 1 is 1.45 bits per heavy atom. The third-order valence-electron chi connectivity index (χ3n) is 3.86. The Balaban J connectivity index is 1.86. The number of alkyl halides is 1. The van der Waals surface area contributed by atoms with Crippen LogP contribution in [0.25, 0.3) is 0 Å². The molecule has 1 aromatic carbocycles. The fourth-order valence-corrected chi connectivity index (χ4v) is 3.42. The Morgan fingerprint density at radius 2 is 2.30 bits per heavy atom. The van der Waals surface area contributed by atoms with E-state index >= 15 is 0 Å². The minimum atomic E-state index is -0.0601. The van der Waals surface area contributed by atoms with E-state index in [9.17, 15) is 4.79 Å². The quantitative estimate of drug-likeness (QED) is 0.842.